The van der Waals surface area contributed by atoms with E-state index in [1.54, 1.807) is 20.8 Å². The quantitative estimate of drug-likeness (QED) is 0.754. The van der Waals surface area contributed by atoms with Gasteiger partial charge in [-0.3, -0.25) is 4.79 Å². The standard InChI is InChI=1S/C18H23F3N2O5/c1-5-26-13-8-12(9-14(27-6-2)15(13)28-7-3)16(24)23-17(25,18(19,20)21)10-11(4)22-23/h8-9,25H,5-7,10H2,1-4H3/t17-/m1/s1. The Morgan fingerprint density at radius 2 is 1.64 bits per heavy atom. The molecule has 0 radical (unpaired) electrons. The molecule has 0 spiro atoms. The summed E-state index contributed by atoms with van der Waals surface area (Å²) in [6, 6.07) is 2.50. The Labute approximate surface area is 160 Å². The molecule has 1 aromatic carbocycles. The van der Waals surface area contributed by atoms with E-state index in [9.17, 15) is 23.1 Å². The van der Waals surface area contributed by atoms with Gasteiger partial charge in [0.1, 0.15) is 0 Å². The highest BCUT2D eigenvalue weighted by atomic mass is 19.4. The predicted octanol–water partition coefficient (Wildman–Crippen LogP) is 3.36. The first kappa shape index (κ1) is 21.8. The van der Waals surface area contributed by atoms with Crippen molar-refractivity contribution in [3.63, 3.8) is 0 Å². The van der Waals surface area contributed by atoms with E-state index in [4.69, 9.17) is 14.2 Å². The molecule has 7 nitrogen and oxygen atoms in total. The molecule has 0 bridgehead atoms. The normalized spacial score (nSPS) is 19.4. The van der Waals surface area contributed by atoms with Gasteiger partial charge in [-0.25, -0.2) is 0 Å². The lowest BCUT2D eigenvalue weighted by atomic mass is 10.1. The molecular weight excluding hydrogens is 381 g/mol. The van der Waals surface area contributed by atoms with Crippen LogP contribution >= 0.6 is 0 Å². The molecule has 156 valence electrons. The maximum atomic E-state index is 13.4. The van der Waals surface area contributed by atoms with Crippen LogP contribution in [0.5, 0.6) is 17.2 Å². The van der Waals surface area contributed by atoms with Gasteiger partial charge in [0.25, 0.3) is 11.6 Å². The zero-order valence-electron chi connectivity index (χ0n) is 16.1. The second kappa shape index (κ2) is 8.26. The third kappa shape index (κ3) is 4.01. The van der Waals surface area contributed by atoms with Crippen molar-refractivity contribution in [2.75, 3.05) is 19.8 Å². The lowest BCUT2D eigenvalue weighted by Crippen LogP contribution is -2.56. The molecule has 1 aliphatic heterocycles. The van der Waals surface area contributed by atoms with Crippen LogP contribution < -0.4 is 14.2 Å². The molecule has 2 rings (SSSR count). The van der Waals surface area contributed by atoms with Crippen molar-refractivity contribution in [1.82, 2.24) is 5.01 Å². The van der Waals surface area contributed by atoms with Crippen LogP contribution in [0.4, 0.5) is 13.2 Å². The second-order valence-corrected chi connectivity index (χ2v) is 6.04. The number of aliphatic hydroxyl groups is 1. The molecule has 1 heterocycles. The lowest BCUT2D eigenvalue weighted by molar-refractivity contribution is -0.297. The molecule has 0 aliphatic carbocycles. The summed E-state index contributed by atoms with van der Waals surface area (Å²) in [6.45, 7) is 7.22. The highest BCUT2D eigenvalue weighted by Crippen LogP contribution is 2.43. The maximum Gasteiger partial charge on any atom is 0.438 e. The van der Waals surface area contributed by atoms with E-state index in [1.807, 2.05) is 0 Å². The van der Waals surface area contributed by atoms with Crippen LogP contribution in [0.25, 0.3) is 0 Å². The van der Waals surface area contributed by atoms with Gasteiger partial charge in [-0.2, -0.15) is 23.3 Å². The van der Waals surface area contributed by atoms with Crippen LogP contribution in [0.1, 0.15) is 44.5 Å². The Morgan fingerprint density at radius 1 is 1.14 bits per heavy atom. The van der Waals surface area contributed by atoms with Crippen molar-refractivity contribution >= 4 is 11.6 Å². The Hall–Kier alpha value is -2.49. The topological polar surface area (TPSA) is 80.6 Å². The Balaban J connectivity index is 2.55. The monoisotopic (exact) mass is 404 g/mol. The molecule has 1 atom stereocenters. The van der Waals surface area contributed by atoms with Crippen molar-refractivity contribution in [2.45, 2.75) is 46.0 Å². The van der Waals surface area contributed by atoms with Crippen LogP contribution in [0.3, 0.4) is 0 Å². The first-order valence-corrected chi connectivity index (χ1v) is 8.83. The van der Waals surface area contributed by atoms with Crippen molar-refractivity contribution in [2.24, 2.45) is 5.10 Å². The van der Waals surface area contributed by atoms with Crippen molar-refractivity contribution < 1.29 is 37.3 Å². The summed E-state index contributed by atoms with van der Waals surface area (Å²) in [5.41, 5.74) is -3.62. The van der Waals surface area contributed by atoms with Gasteiger partial charge in [-0.15, -0.1) is 0 Å². The zero-order chi connectivity index (χ0) is 21.1. The molecule has 1 aliphatic rings. The number of rotatable bonds is 7. The maximum absolute atomic E-state index is 13.4. The van der Waals surface area contributed by atoms with Gasteiger partial charge in [-0.05, 0) is 39.8 Å². The summed E-state index contributed by atoms with van der Waals surface area (Å²) >= 11 is 0. The number of hydrogen-bond acceptors (Lipinski definition) is 6. The molecule has 0 unspecified atom stereocenters. The number of hydrogen-bond donors (Lipinski definition) is 1. The molecule has 1 amide bonds. The molecule has 1 N–H and O–H groups in total. The van der Waals surface area contributed by atoms with Gasteiger partial charge >= 0.3 is 6.18 Å². The number of ether oxygens (including phenoxy) is 3. The third-order valence-electron chi connectivity index (χ3n) is 3.93. The van der Waals surface area contributed by atoms with Gasteiger partial charge in [0.2, 0.25) is 5.75 Å². The second-order valence-electron chi connectivity index (χ2n) is 6.04. The first-order chi connectivity index (χ1) is 13.1. The predicted molar refractivity (Wildman–Crippen MR) is 94.8 cm³/mol. The molecule has 0 aromatic heterocycles. The molecule has 28 heavy (non-hydrogen) atoms. The number of carbonyl (C=O) groups is 1. The van der Waals surface area contributed by atoms with E-state index in [2.05, 4.69) is 5.10 Å². The van der Waals surface area contributed by atoms with Crippen LogP contribution in [0.2, 0.25) is 0 Å². The molecule has 1 aromatic rings. The number of nitrogens with zero attached hydrogens (tertiary/aromatic N) is 2. The van der Waals surface area contributed by atoms with Crippen LogP contribution in [-0.4, -0.2) is 53.5 Å². The third-order valence-corrected chi connectivity index (χ3v) is 3.93. The highest BCUT2D eigenvalue weighted by molar-refractivity contribution is 5.99. The van der Waals surface area contributed by atoms with Crippen LogP contribution in [0, 0.1) is 0 Å². The van der Waals surface area contributed by atoms with Gasteiger partial charge in [-0.1, -0.05) is 0 Å². The number of carbonyl (C=O) groups excluding carboxylic acids is 1. The number of alkyl halides is 3. The fourth-order valence-corrected chi connectivity index (χ4v) is 2.79. The summed E-state index contributed by atoms with van der Waals surface area (Å²) in [5.74, 6) is -0.597. The summed E-state index contributed by atoms with van der Waals surface area (Å²) in [6.07, 6.45) is -5.91. The number of hydrazone groups is 1. The van der Waals surface area contributed by atoms with Crippen LogP contribution in [0.15, 0.2) is 17.2 Å². The Kier molecular flexibility index (Phi) is 6.43. The Bertz CT molecular complexity index is 739. The van der Waals surface area contributed by atoms with E-state index < -0.39 is 24.2 Å². The summed E-state index contributed by atoms with van der Waals surface area (Å²) in [5, 5.41) is 13.8. The van der Waals surface area contributed by atoms with Crippen molar-refractivity contribution in [3.8, 4) is 17.2 Å². The molecule has 0 fully saturated rings. The highest BCUT2D eigenvalue weighted by Gasteiger charge is 2.62. The fourth-order valence-electron chi connectivity index (χ4n) is 2.79. The molecule has 0 saturated carbocycles. The van der Waals surface area contributed by atoms with Gasteiger partial charge < -0.3 is 19.3 Å². The average molecular weight is 404 g/mol. The lowest BCUT2D eigenvalue weighted by Gasteiger charge is -2.32. The zero-order valence-corrected chi connectivity index (χ0v) is 16.1. The smallest absolute Gasteiger partial charge is 0.438 e. The SMILES string of the molecule is CCOc1cc(C(=O)N2N=C(C)C[C@@]2(O)C(F)(F)F)cc(OCC)c1OCC. The van der Waals surface area contributed by atoms with Crippen molar-refractivity contribution in [1.29, 1.82) is 0 Å². The number of benzene rings is 1. The average Bonchev–Trinajstić information content (AvgIpc) is 2.93. The largest absolute Gasteiger partial charge is 0.490 e. The van der Waals surface area contributed by atoms with Gasteiger partial charge in [0.05, 0.1) is 19.8 Å². The number of halogens is 3. The van der Waals surface area contributed by atoms with Crippen molar-refractivity contribution in [3.05, 3.63) is 17.7 Å². The van der Waals surface area contributed by atoms with E-state index in [-0.39, 0.29) is 53.4 Å². The van der Waals surface area contributed by atoms with Crippen LogP contribution in [-0.2, 0) is 0 Å². The molecular formula is C18H23F3N2O5. The van der Waals surface area contributed by atoms with E-state index in [1.165, 1.54) is 19.1 Å². The minimum Gasteiger partial charge on any atom is -0.490 e. The fraction of sp³-hybridized carbons (Fsp3) is 0.556. The first-order valence-electron chi connectivity index (χ1n) is 8.83. The van der Waals surface area contributed by atoms with E-state index in [0.29, 0.717) is 0 Å². The Morgan fingerprint density at radius 3 is 2.07 bits per heavy atom. The minimum atomic E-state index is -5.08. The van der Waals surface area contributed by atoms with E-state index in [0.717, 1.165) is 0 Å². The molecule has 10 heteroatoms. The number of amides is 1. The van der Waals surface area contributed by atoms with Gasteiger partial charge in [0.15, 0.2) is 11.5 Å². The van der Waals surface area contributed by atoms with Gasteiger partial charge in [0, 0.05) is 17.7 Å². The summed E-state index contributed by atoms with van der Waals surface area (Å²) in [4.78, 5) is 12.8. The summed E-state index contributed by atoms with van der Waals surface area (Å²) < 4.78 is 56.7. The molecule has 0 saturated heterocycles. The minimum absolute atomic E-state index is 0.0193. The summed E-state index contributed by atoms with van der Waals surface area (Å²) in [7, 11) is 0. The van der Waals surface area contributed by atoms with E-state index >= 15 is 0 Å².